The van der Waals surface area contributed by atoms with Gasteiger partial charge in [-0.1, -0.05) is 29.3 Å². The van der Waals surface area contributed by atoms with E-state index < -0.39 is 5.97 Å². The molecule has 0 aliphatic carbocycles. The number of nitrogens with one attached hydrogen (secondary N) is 1. The van der Waals surface area contributed by atoms with Crippen LogP contribution in [0.15, 0.2) is 29.7 Å². The highest BCUT2D eigenvalue weighted by molar-refractivity contribution is 7.13. The summed E-state index contributed by atoms with van der Waals surface area (Å²) < 4.78 is 5.07. The quantitative estimate of drug-likeness (QED) is 0.633. The normalized spacial score (nSPS) is 10.7. The van der Waals surface area contributed by atoms with E-state index in [1.165, 1.54) is 24.3 Å². The van der Waals surface area contributed by atoms with Crippen LogP contribution in [0.5, 0.6) is 0 Å². The first-order valence-corrected chi connectivity index (χ1v) is 8.09. The number of hydrogen-bond donors (Lipinski definition) is 1. The highest BCUT2D eigenvalue weighted by Gasteiger charge is 2.05. The molecule has 1 N–H and O–H groups in total. The molecule has 1 heterocycles. The molecule has 0 atom stereocenters. The zero-order chi connectivity index (χ0) is 16.8. The van der Waals surface area contributed by atoms with Crippen molar-refractivity contribution in [2.24, 2.45) is 0 Å². The van der Waals surface area contributed by atoms with Gasteiger partial charge in [0.1, 0.15) is 6.61 Å². The van der Waals surface area contributed by atoms with Crippen molar-refractivity contribution in [1.29, 1.82) is 0 Å². The third kappa shape index (κ3) is 5.67. The average Bonchev–Trinajstić information content (AvgIpc) is 2.93. The van der Waals surface area contributed by atoms with Crippen molar-refractivity contribution in [2.45, 2.75) is 13.5 Å². The number of rotatable bonds is 5. The molecule has 8 heteroatoms. The highest BCUT2D eigenvalue weighted by atomic mass is 35.5. The van der Waals surface area contributed by atoms with Gasteiger partial charge in [-0.05, 0) is 23.8 Å². The summed E-state index contributed by atoms with van der Waals surface area (Å²) in [6.07, 6.45) is 2.87. The third-order valence-electron chi connectivity index (χ3n) is 2.55. The molecular formula is C15H12Cl2N2O3S. The summed E-state index contributed by atoms with van der Waals surface area (Å²) >= 11 is 13.0. The van der Waals surface area contributed by atoms with E-state index in [2.05, 4.69) is 10.3 Å². The molecule has 0 unspecified atom stereocenters. The molecule has 2 rings (SSSR count). The second-order valence-electron chi connectivity index (χ2n) is 4.44. The molecule has 1 amide bonds. The van der Waals surface area contributed by atoms with Crippen molar-refractivity contribution in [2.75, 3.05) is 5.32 Å². The minimum Gasteiger partial charge on any atom is -0.456 e. The van der Waals surface area contributed by atoms with Crippen molar-refractivity contribution >= 4 is 57.6 Å². The Labute approximate surface area is 146 Å². The maximum absolute atomic E-state index is 11.7. The molecule has 120 valence electrons. The van der Waals surface area contributed by atoms with Crippen molar-refractivity contribution in [1.82, 2.24) is 4.98 Å². The Balaban J connectivity index is 1.87. The molecule has 2 aromatic rings. The molecule has 0 radical (unpaired) electrons. The van der Waals surface area contributed by atoms with Crippen LogP contribution in [0.3, 0.4) is 0 Å². The Bertz CT molecular complexity index is 759. The standard InChI is InChI=1S/C15H12Cl2N2O3S/c1-9(20)18-15-19-11(8-23-15)7-22-14(21)5-3-10-2-4-12(16)13(17)6-10/h2-6,8H,7H2,1H3,(H,18,19,20)/b5-3+. The van der Waals surface area contributed by atoms with Gasteiger partial charge in [-0.15, -0.1) is 11.3 Å². The highest BCUT2D eigenvalue weighted by Crippen LogP contribution is 2.23. The van der Waals surface area contributed by atoms with Gasteiger partial charge in [0.15, 0.2) is 5.13 Å². The molecule has 0 fully saturated rings. The monoisotopic (exact) mass is 370 g/mol. The van der Waals surface area contributed by atoms with Crippen molar-refractivity contribution in [3.63, 3.8) is 0 Å². The van der Waals surface area contributed by atoms with E-state index in [4.69, 9.17) is 27.9 Å². The smallest absolute Gasteiger partial charge is 0.331 e. The maximum atomic E-state index is 11.7. The number of thiazole rings is 1. The number of aromatic nitrogens is 1. The van der Waals surface area contributed by atoms with Crippen LogP contribution in [-0.2, 0) is 20.9 Å². The lowest BCUT2D eigenvalue weighted by molar-refractivity contribution is -0.139. The molecule has 0 saturated carbocycles. The molecule has 0 bridgehead atoms. The average molecular weight is 371 g/mol. The zero-order valence-corrected chi connectivity index (χ0v) is 14.3. The van der Waals surface area contributed by atoms with Crippen molar-refractivity contribution < 1.29 is 14.3 Å². The molecule has 0 saturated heterocycles. The van der Waals surface area contributed by atoms with Crippen LogP contribution in [0, 0.1) is 0 Å². The van der Waals surface area contributed by atoms with Gasteiger partial charge in [-0.25, -0.2) is 9.78 Å². The second kappa shape index (κ2) is 8.10. The fourth-order valence-electron chi connectivity index (χ4n) is 1.55. The summed E-state index contributed by atoms with van der Waals surface area (Å²) in [6.45, 7) is 1.43. The first kappa shape index (κ1) is 17.5. The van der Waals surface area contributed by atoms with Gasteiger partial charge in [-0.3, -0.25) is 4.79 Å². The third-order valence-corrected chi connectivity index (χ3v) is 4.10. The fourth-order valence-corrected chi connectivity index (χ4v) is 2.60. The van der Waals surface area contributed by atoms with Crippen LogP contribution in [0.25, 0.3) is 6.08 Å². The lowest BCUT2D eigenvalue weighted by atomic mass is 10.2. The number of nitrogens with zero attached hydrogens (tertiary/aromatic N) is 1. The largest absolute Gasteiger partial charge is 0.456 e. The predicted octanol–water partition coefficient (Wildman–Crippen LogP) is 4.16. The van der Waals surface area contributed by atoms with E-state index >= 15 is 0 Å². The number of halogens is 2. The number of esters is 1. The minimum atomic E-state index is -0.509. The number of amides is 1. The van der Waals surface area contributed by atoms with Gasteiger partial charge < -0.3 is 10.1 Å². The summed E-state index contributed by atoms with van der Waals surface area (Å²) in [5.41, 5.74) is 1.30. The van der Waals surface area contributed by atoms with E-state index in [1.54, 1.807) is 29.7 Å². The molecule has 1 aromatic carbocycles. The Hall–Kier alpha value is -1.89. The van der Waals surface area contributed by atoms with Crippen molar-refractivity contribution in [3.05, 3.63) is 51.0 Å². The number of ether oxygens (including phenoxy) is 1. The number of carbonyl (C=O) groups is 2. The van der Waals surface area contributed by atoms with E-state index in [-0.39, 0.29) is 12.5 Å². The summed E-state index contributed by atoms with van der Waals surface area (Å²) in [7, 11) is 0. The second-order valence-corrected chi connectivity index (χ2v) is 6.11. The lowest BCUT2D eigenvalue weighted by Gasteiger charge is -2.00. The van der Waals surface area contributed by atoms with Gasteiger partial charge >= 0.3 is 5.97 Å². The Morgan fingerprint density at radius 3 is 2.83 bits per heavy atom. The predicted molar refractivity (Wildman–Crippen MR) is 91.7 cm³/mol. The Morgan fingerprint density at radius 1 is 1.35 bits per heavy atom. The van der Waals surface area contributed by atoms with Gasteiger partial charge in [0.2, 0.25) is 5.91 Å². The van der Waals surface area contributed by atoms with Crippen LogP contribution in [0.4, 0.5) is 5.13 Å². The van der Waals surface area contributed by atoms with Gasteiger partial charge in [-0.2, -0.15) is 0 Å². The van der Waals surface area contributed by atoms with Gasteiger partial charge in [0.25, 0.3) is 0 Å². The van der Waals surface area contributed by atoms with E-state index in [0.29, 0.717) is 20.9 Å². The summed E-state index contributed by atoms with van der Waals surface area (Å²) in [4.78, 5) is 26.7. The molecule has 23 heavy (non-hydrogen) atoms. The van der Waals surface area contributed by atoms with E-state index in [9.17, 15) is 9.59 Å². The lowest BCUT2D eigenvalue weighted by Crippen LogP contribution is -2.06. The van der Waals surface area contributed by atoms with Crippen LogP contribution in [-0.4, -0.2) is 16.9 Å². The molecule has 0 spiro atoms. The number of carbonyl (C=O) groups excluding carboxylic acids is 2. The zero-order valence-electron chi connectivity index (χ0n) is 12.0. The van der Waals surface area contributed by atoms with Crippen LogP contribution in [0.1, 0.15) is 18.2 Å². The Kier molecular flexibility index (Phi) is 6.15. The number of anilines is 1. The van der Waals surface area contributed by atoms with E-state index in [1.807, 2.05) is 0 Å². The topological polar surface area (TPSA) is 68.3 Å². The summed E-state index contributed by atoms with van der Waals surface area (Å²) in [5, 5.41) is 5.60. The van der Waals surface area contributed by atoms with Crippen molar-refractivity contribution in [3.8, 4) is 0 Å². The molecule has 1 aromatic heterocycles. The van der Waals surface area contributed by atoms with Crippen LogP contribution in [0.2, 0.25) is 10.0 Å². The first-order chi connectivity index (χ1) is 10.9. The molecule has 0 aliphatic heterocycles. The summed E-state index contributed by atoms with van der Waals surface area (Å²) in [6, 6.07) is 5.03. The van der Waals surface area contributed by atoms with Crippen LogP contribution < -0.4 is 5.32 Å². The fraction of sp³-hybridized carbons (Fsp3) is 0.133. The van der Waals surface area contributed by atoms with E-state index in [0.717, 1.165) is 5.56 Å². The number of hydrogen-bond acceptors (Lipinski definition) is 5. The minimum absolute atomic E-state index is 0.0284. The van der Waals surface area contributed by atoms with Crippen LogP contribution >= 0.6 is 34.5 Å². The molecule has 0 aliphatic rings. The SMILES string of the molecule is CC(=O)Nc1nc(COC(=O)/C=C/c2ccc(Cl)c(Cl)c2)cs1. The van der Waals surface area contributed by atoms with Gasteiger partial charge in [0.05, 0.1) is 15.7 Å². The Morgan fingerprint density at radius 2 is 2.13 bits per heavy atom. The molecular weight excluding hydrogens is 359 g/mol. The maximum Gasteiger partial charge on any atom is 0.331 e. The number of benzene rings is 1. The first-order valence-electron chi connectivity index (χ1n) is 6.46. The molecule has 5 nitrogen and oxygen atoms in total. The van der Waals surface area contributed by atoms with Gasteiger partial charge in [0, 0.05) is 18.4 Å². The summed E-state index contributed by atoms with van der Waals surface area (Å²) in [5.74, 6) is -0.711.